The molecule has 0 saturated carbocycles. The van der Waals surface area contributed by atoms with Crippen molar-refractivity contribution in [3.8, 4) is 0 Å². The summed E-state index contributed by atoms with van der Waals surface area (Å²) in [5.41, 5.74) is 0. The molecule has 1 unspecified atom stereocenters. The molecule has 58 valence electrons. The summed E-state index contributed by atoms with van der Waals surface area (Å²) >= 11 is 0. The third kappa shape index (κ3) is 1.53. The Kier molecular flexibility index (Phi) is 2.36. The molecule has 0 aromatic rings. The Morgan fingerprint density at radius 3 is 2.70 bits per heavy atom. The molecule has 1 nitrogen and oxygen atoms in total. The van der Waals surface area contributed by atoms with Crippen molar-refractivity contribution in [3.63, 3.8) is 0 Å². The van der Waals surface area contributed by atoms with Crippen LogP contribution in [-0.4, -0.2) is 6.61 Å². The van der Waals surface area contributed by atoms with Crippen LogP contribution < -0.4 is 0 Å². The third-order valence-corrected chi connectivity index (χ3v) is 2.07. The minimum Gasteiger partial charge on any atom is -0.498 e. The first-order valence-corrected chi connectivity index (χ1v) is 4.07. The van der Waals surface area contributed by atoms with E-state index in [1.54, 1.807) is 0 Å². The second-order valence-electron chi connectivity index (χ2n) is 3.21. The van der Waals surface area contributed by atoms with E-state index in [0.29, 0.717) is 5.92 Å². The van der Waals surface area contributed by atoms with Gasteiger partial charge in [-0.2, -0.15) is 0 Å². The Hall–Kier alpha value is -0.460. The van der Waals surface area contributed by atoms with Crippen LogP contribution in [0.1, 0.15) is 27.2 Å². The monoisotopic (exact) mass is 140 g/mol. The largest absolute Gasteiger partial charge is 0.498 e. The number of ether oxygens (including phenoxy) is 1. The molecule has 1 heteroatoms. The summed E-state index contributed by atoms with van der Waals surface area (Å²) in [7, 11) is 0. The summed E-state index contributed by atoms with van der Waals surface area (Å²) in [4.78, 5) is 0. The molecule has 10 heavy (non-hydrogen) atoms. The molecule has 1 heterocycles. The Bertz CT molecular complexity index is 136. The number of hydrogen-bond donors (Lipinski definition) is 0. The molecule has 0 radical (unpaired) electrons. The molecular formula is C9H16O. The van der Waals surface area contributed by atoms with Crippen LogP contribution in [0.3, 0.4) is 0 Å². The molecule has 0 spiro atoms. The van der Waals surface area contributed by atoms with E-state index in [-0.39, 0.29) is 0 Å². The fraction of sp³-hybridized carbons (Fsp3) is 0.778. The predicted octanol–water partition coefficient (Wildman–Crippen LogP) is 2.58. The summed E-state index contributed by atoms with van der Waals surface area (Å²) in [6, 6.07) is 0. The highest BCUT2D eigenvalue weighted by Crippen LogP contribution is 2.23. The summed E-state index contributed by atoms with van der Waals surface area (Å²) in [5.74, 6) is 2.57. The Morgan fingerprint density at radius 2 is 2.40 bits per heavy atom. The minimum atomic E-state index is 0.662. The highest BCUT2D eigenvalue weighted by atomic mass is 16.5. The van der Waals surface area contributed by atoms with Crippen molar-refractivity contribution in [2.45, 2.75) is 27.2 Å². The van der Waals surface area contributed by atoms with Gasteiger partial charge in [-0.1, -0.05) is 20.8 Å². The Labute approximate surface area is 63.1 Å². The maximum atomic E-state index is 5.44. The molecule has 1 rings (SSSR count). The van der Waals surface area contributed by atoms with E-state index in [2.05, 4.69) is 26.8 Å². The number of hydrogen-bond acceptors (Lipinski definition) is 1. The molecule has 0 bridgehead atoms. The summed E-state index contributed by atoms with van der Waals surface area (Å²) < 4.78 is 5.44. The molecule has 0 aromatic carbocycles. The van der Waals surface area contributed by atoms with Crippen LogP contribution in [0.4, 0.5) is 0 Å². The molecule has 1 aliphatic rings. The van der Waals surface area contributed by atoms with Crippen molar-refractivity contribution in [2.24, 2.45) is 11.8 Å². The van der Waals surface area contributed by atoms with E-state index in [1.807, 2.05) is 0 Å². The fourth-order valence-electron chi connectivity index (χ4n) is 1.14. The lowest BCUT2D eigenvalue weighted by molar-refractivity contribution is 0.195. The average Bonchev–Trinajstić information content (AvgIpc) is 2.34. The quantitative estimate of drug-likeness (QED) is 0.573. The maximum Gasteiger partial charge on any atom is 0.0943 e. The molecule has 0 aliphatic carbocycles. The van der Waals surface area contributed by atoms with Crippen molar-refractivity contribution in [1.82, 2.24) is 0 Å². The zero-order valence-corrected chi connectivity index (χ0v) is 7.05. The lowest BCUT2D eigenvalue weighted by atomic mass is 9.97. The van der Waals surface area contributed by atoms with E-state index in [1.165, 1.54) is 5.76 Å². The van der Waals surface area contributed by atoms with Crippen LogP contribution >= 0.6 is 0 Å². The standard InChI is InChI=1S/C9H16O/c1-4-9-5-8(6-10-9)7(2)3/h5,7-8H,4,6H2,1-3H3. The van der Waals surface area contributed by atoms with Gasteiger partial charge in [-0.05, 0) is 12.0 Å². The second kappa shape index (κ2) is 3.09. The molecular weight excluding hydrogens is 124 g/mol. The Morgan fingerprint density at radius 1 is 1.70 bits per heavy atom. The van der Waals surface area contributed by atoms with Gasteiger partial charge in [-0.15, -0.1) is 0 Å². The molecule has 0 fully saturated rings. The summed E-state index contributed by atoms with van der Waals surface area (Å²) in [6.07, 6.45) is 3.31. The van der Waals surface area contributed by atoms with E-state index < -0.39 is 0 Å². The Balaban J connectivity index is 2.47. The van der Waals surface area contributed by atoms with Gasteiger partial charge >= 0.3 is 0 Å². The van der Waals surface area contributed by atoms with E-state index >= 15 is 0 Å². The molecule has 0 N–H and O–H groups in total. The molecule has 0 amide bonds. The molecule has 0 aromatic heterocycles. The van der Waals surface area contributed by atoms with Crippen molar-refractivity contribution < 1.29 is 4.74 Å². The first kappa shape index (κ1) is 7.64. The van der Waals surface area contributed by atoms with Crippen LogP contribution in [0.5, 0.6) is 0 Å². The van der Waals surface area contributed by atoms with E-state index in [4.69, 9.17) is 4.74 Å². The van der Waals surface area contributed by atoms with Gasteiger partial charge in [0.15, 0.2) is 0 Å². The van der Waals surface area contributed by atoms with Crippen LogP contribution in [0.25, 0.3) is 0 Å². The van der Waals surface area contributed by atoms with Crippen LogP contribution in [-0.2, 0) is 4.74 Å². The van der Waals surface area contributed by atoms with Crippen LogP contribution in [0.2, 0.25) is 0 Å². The molecule has 1 atom stereocenters. The van der Waals surface area contributed by atoms with Gasteiger partial charge in [0.1, 0.15) is 0 Å². The highest BCUT2D eigenvalue weighted by Gasteiger charge is 2.18. The lowest BCUT2D eigenvalue weighted by Crippen LogP contribution is -2.06. The molecule has 1 aliphatic heterocycles. The van der Waals surface area contributed by atoms with Gasteiger partial charge < -0.3 is 4.74 Å². The maximum absolute atomic E-state index is 5.44. The first-order chi connectivity index (χ1) is 4.74. The normalized spacial score (nSPS) is 24.8. The summed E-state index contributed by atoms with van der Waals surface area (Å²) in [6.45, 7) is 7.52. The summed E-state index contributed by atoms with van der Waals surface area (Å²) in [5, 5.41) is 0. The van der Waals surface area contributed by atoms with Crippen LogP contribution in [0.15, 0.2) is 11.8 Å². The van der Waals surface area contributed by atoms with E-state index in [0.717, 1.165) is 18.9 Å². The number of rotatable bonds is 2. The van der Waals surface area contributed by atoms with Crippen molar-refractivity contribution in [1.29, 1.82) is 0 Å². The minimum absolute atomic E-state index is 0.662. The van der Waals surface area contributed by atoms with Crippen LogP contribution in [0, 0.1) is 11.8 Å². The average molecular weight is 140 g/mol. The lowest BCUT2D eigenvalue weighted by Gasteiger charge is -2.08. The van der Waals surface area contributed by atoms with Gasteiger partial charge in [0.25, 0.3) is 0 Å². The second-order valence-corrected chi connectivity index (χ2v) is 3.21. The van der Waals surface area contributed by atoms with Crippen molar-refractivity contribution in [2.75, 3.05) is 6.61 Å². The SMILES string of the molecule is CCC1=CC(C(C)C)CO1. The predicted molar refractivity (Wildman–Crippen MR) is 42.7 cm³/mol. The van der Waals surface area contributed by atoms with Crippen molar-refractivity contribution in [3.05, 3.63) is 11.8 Å². The zero-order valence-electron chi connectivity index (χ0n) is 7.05. The van der Waals surface area contributed by atoms with Gasteiger partial charge in [0.05, 0.1) is 12.4 Å². The molecule has 0 saturated heterocycles. The fourth-order valence-corrected chi connectivity index (χ4v) is 1.14. The van der Waals surface area contributed by atoms with Crippen molar-refractivity contribution >= 4 is 0 Å². The van der Waals surface area contributed by atoms with Gasteiger partial charge in [0, 0.05) is 12.3 Å². The highest BCUT2D eigenvalue weighted by molar-refractivity contribution is 5.02. The first-order valence-electron chi connectivity index (χ1n) is 4.07. The topological polar surface area (TPSA) is 9.23 Å². The third-order valence-electron chi connectivity index (χ3n) is 2.07. The van der Waals surface area contributed by atoms with Gasteiger partial charge in [-0.3, -0.25) is 0 Å². The van der Waals surface area contributed by atoms with Gasteiger partial charge in [-0.25, -0.2) is 0 Å². The van der Waals surface area contributed by atoms with E-state index in [9.17, 15) is 0 Å². The smallest absolute Gasteiger partial charge is 0.0943 e. The van der Waals surface area contributed by atoms with Gasteiger partial charge in [0.2, 0.25) is 0 Å². The zero-order chi connectivity index (χ0) is 7.56. The number of allylic oxidation sites excluding steroid dienone is 1.